The van der Waals surface area contributed by atoms with Crippen molar-refractivity contribution in [3.05, 3.63) is 58.7 Å². The van der Waals surface area contributed by atoms with Gasteiger partial charge in [-0.3, -0.25) is 9.59 Å². The van der Waals surface area contributed by atoms with Gasteiger partial charge in [0.2, 0.25) is 11.8 Å². The number of primary amides is 1. The molecule has 0 aliphatic rings. The lowest BCUT2D eigenvalue weighted by atomic mass is 9.84. The quantitative estimate of drug-likeness (QED) is 0.440. The molecule has 1 atom stereocenters. The largest absolute Gasteiger partial charge is 0.496 e. The van der Waals surface area contributed by atoms with E-state index in [2.05, 4.69) is 45.1 Å². The summed E-state index contributed by atoms with van der Waals surface area (Å²) < 4.78 is 5.64. The summed E-state index contributed by atoms with van der Waals surface area (Å²) in [6, 6.07) is 11.4. The number of ether oxygens (including phenoxy) is 1. The molecule has 0 fully saturated rings. The maximum Gasteiger partial charge on any atom is 0.248 e. The normalized spacial score (nSPS) is 12.3. The summed E-state index contributed by atoms with van der Waals surface area (Å²) in [5, 5.41) is 3.06. The first-order chi connectivity index (χ1) is 15.1. The Morgan fingerprint density at radius 1 is 1.09 bits per heavy atom. The molecule has 0 spiro atoms. The highest BCUT2D eigenvalue weighted by atomic mass is 16.5. The molecule has 0 aliphatic heterocycles. The zero-order valence-electron chi connectivity index (χ0n) is 20.4. The van der Waals surface area contributed by atoms with Crippen LogP contribution in [0.15, 0.2) is 36.4 Å². The van der Waals surface area contributed by atoms with Gasteiger partial charge in [-0.1, -0.05) is 65.2 Å². The van der Waals surface area contributed by atoms with Crippen LogP contribution in [0.1, 0.15) is 92.8 Å². The maximum absolute atomic E-state index is 13.2. The Balaban J connectivity index is 2.32. The Morgan fingerprint density at radius 2 is 1.81 bits per heavy atom. The Hall–Kier alpha value is -2.82. The summed E-state index contributed by atoms with van der Waals surface area (Å²) in [6.45, 7) is 10.4. The van der Waals surface area contributed by atoms with Crippen LogP contribution >= 0.6 is 0 Å². The number of anilines is 1. The van der Waals surface area contributed by atoms with Crippen LogP contribution in [0.25, 0.3) is 0 Å². The van der Waals surface area contributed by atoms with Crippen LogP contribution in [0.2, 0.25) is 0 Å². The smallest absolute Gasteiger partial charge is 0.248 e. The van der Waals surface area contributed by atoms with Gasteiger partial charge >= 0.3 is 0 Å². The minimum Gasteiger partial charge on any atom is -0.496 e. The molecule has 1 unspecified atom stereocenters. The Labute approximate surface area is 192 Å². The highest BCUT2D eigenvalue weighted by Gasteiger charge is 2.23. The molecule has 0 radical (unpaired) electrons. The standard InChI is InChI=1S/C27H38N2O3/c1-7-8-9-10-19(21-13-11-18(2)15-24(21)32-6)17-25(30)29-23-16-20(26(28)31)12-14-22(23)27(3,4)5/h11-16,19H,7-10,17H2,1-6H3,(H2,28,31)(H,29,30). The topological polar surface area (TPSA) is 81.4 Å². The summed E-state index contributed by atoms with van der Waals surface area (Å²) in [4.78, 5) is 24.9. The van der Waals surface area contributed by atoms with E-state index in [0.29, 0.717) is 17.7 Å². The molecule has 2 aromatic carbocycles. The highest BCUT2D eigenvalue weighted by molar-refractivity contribution is 5.97. The first-order valence-electron chi connectivity index (χ1n) is 11.5. The maximum atomic E-state index is 13.2. The lowest BCUT2D eigenvalue weighted by molar-refractivity contribution is -0.116. The van der Waals surface area contributed by atoms with E-state index in [-0.39, 0.29) is 17.2 Å². The molecule has 32 heavy (non-hydrogen) atoms. The number of aryl methyl sites for hydroxylation is 1. The van der Waals surface area contributed by atoms with Gasteiger partial charge in [-0.15, -0.1) is 0 Å². The van der Waals surface area contributed by atoms with Crippen molar-refractivity contribution in [1.82, 2.24) is 0 Å². The molecule has 0 bridgehead atoms. The average molecular weight is 439 g/mol. The summed E-state index contributed by atoms with van der Waals surface area (Å²) in [5.41, 5.74) is 9.46. The molecule has 0 saturated heterocycles. The van der Waals surface area contributed by atoms with Crippen LogP contribution in [0.5, 0.6) is 5.75 Å². The predicted molar refractivity (Wildman–Crippen MR) is 132 cm³/mol. The number of nitrogens with two attached hydrogens (primary N) is 1. The third kappa shape index (κ3) is 6.84. The van der Waals surface area contributed by atoms with Crippen molar-refractivity contribution in [3.8, 4) is 5.75 Å². The minimum absolute atomic E-state index is 0.0505. The van der Waals surface area contributed by atoms with E-state index in [4.69, 9.17) is 10.5 Å². The number of rotatable bonds is 10. The summed E-state index contributed by atoms with van der Waals surface area (Å²) in [7, 11) is 1.67. The first kappa shape index (κ1) is 25.4. The fourth-order valence-corrected chi connectivity index (χ4v) is 4.04. The van der Waals surface area contributed by atoms with E-state index in [1.54, 1.807) is 19.2 Å². The van der Waals surface area contributed by atoms with Crippen LogP contribution in [-0.2, 0) is 10.2 Å². The van der Waals surface area contributed by atoms with Crippen molar-refractivity contribution in [2.24, 2.45) is 5.73 Å². The van der Waals surface area contributed by atoms with E-state index in [1.807, 2.05) is 19.1 Å². The van der Waals surface area contributed by atoms with Gasteiger partial charge in [-0.2, -0.15) is 0 Å². The molecule has 2 aromatic rings. The molecular weight excluding hydrogens is 400 g/mol. The van der Waals surface area contributed by atoms with Crippen molar-refractivity contribution in [2.75, 3.05) is 12.4 Å². The Morgan fingerprint density at radius 3 is 2.41 bits per heavy atom. The second-order valence-corrected chi connectivity index (χ2v) is 9.57. The zero-order chi connectivity index (χ0) is 23.9. The number of carbonyl (C=O) groups excluding carboxylic acids is 2. The van der Waals surface area contributed by atoms with Crippen molar-refractivity contribution in [1.29, 1.82) is 0 Å². The Bertz CT molecular complexity index is 944. The number of hydrogen-bond acceptors (Lipinski definition) is 3. The van der Waals surface area contributed by atoms with Gasteiger partial charge in [0.25, 0.3) is 0 Å². The molecule has 2 amide bonds. The molecule has 0 saturated carbocycles. The number of carbonyl (C=O) groups is 2. The minimum atomic E-state index is -0.511. The number of hydrogen-bond donors (Lipinski definition) is 2. The second-order valence-electron chi connectivity index (χ2n) is 9.57. The fourth-order valence-electron chi connectivity index (χ4n) is 4.04. The number of amides is 2. The van der Waals surface area contributed by atoms with Gasteiger partial charge in [0.05, 0.1) is 7.11 Å². The highest BCUT2D eigenvalue weighted by Crippen LogP contribution is 2.35. The van der Waals surface area contributed by atoms with E-state index in [0.717, 1.165) is 48.1 Å². The molecule has 174 valence electrons. The fraction of sp³-hybridized carbons (Fsp3) is 0.481. The summed E-state index contributed by atoms with van der Waals surface area (Å²) in [6.07, 6.45) is 4.55. The molecule has 0 heterocycles. The van der Waals surface area contributed by atoms with E-state index < -0.39 is 5.91 Å². The van der Waals surface area contributed by atoms with Crippen LogP contribution in [0.3, 0.4) is 0 Å². The van der Waals surface area contributed by atoms with Crippen LogP contribution in [0.4, 0.5) is 5.69 Å². The second kappa shape index (κ2) is 11.2. The van der Waals surface area contributed by atoms with Gasteiger partial charge in [-0.05, 0) is 59.6 Å². The van der Waals surface area contributed by atoms with Gasteiger partial charge in [-0.25, -0.2) is 0 Å². The van der Waals surface area contributed by atoms with E-state index >= 15 is 0 Å². The lowest BCUT2D eigenvalue weighted by Gasteiger charge is -2.25. The van der Waals surface area contributed by atoms with Crippen molar-refractivity contribution < 1.29 is 14.3 Å². The number of methoxy groups -OCH3 is 1. The van der Waals surface area contributed by atoms with Gasteiger partial charge in [0.15, 0.2) is 0 Å². The van der Waals surface area contributed by atoms with Crippen LogP contribution < -0.4 is 15.8 Å². The first-order valence-corrected chi connectivity index (χ1v) is 11.5. The molecule has 2 rings (SSSR count). The van der Waals surface area contributed by atoms with Crippen LogP contribution in [0, 0.1) is 6.92 Å². The molecule has 3 N–H and O–H groups in total. The van der Waals surface area contributed by atoms with Gasteiger partial charge in [0.1, 0.15) is 5.75 Å². The SMILES string of the molecule is CCCCCC(CC(=O)Nc1cc(C(N)=O)ccc1C(C)(C)C)c1ccc(C)cc1OC. The molecule has 5 heteroatoms. The van der Waals surface area contributed by atoms with E-state index in [9.17, 15) is 9.59 Å². The van der Waals surface area contributed by atoms with E-state index in [1.165, 1.54) is 0 Å². The summed E-state index contributed by atoms with van der Waals surface area (Å²) >= 11 is 0. The third-order valence-corrected chi connectivity index (χ3v) is 5.80. The number of nitrogens with one attached hydrogen (secondary N) is 1. The molecular formula is C27H38N2O3. The molecule has 0 aliphatic carbocycles. The van der Waals surface area contributed by atoms with Crippen molar-refractivity contribution in [2.45, 2.75) is 78.1 Å². The van der Waals surface area contributed by atoms with Crippen LogP contribution in [-0.4, -0.2) is 18.9 Å². The summed E-state index contributed by atoms with van der Waals surface area (Å²) in [5.74, 6) is 0.281. The predicted octanol–water partition coefficient (Wildman–Crippen LogP) is 6.09. The Kier molecular flexibility index (Phi) is 8.88. The van der Waals surface area contributed by atoms with Gasteiger partial charge < -0.3 is 15.8 Å². The van der Waals surface area contributed by atoms with Crippen molar-refractivity contribution in [3.63, 3.8) is 0 Å². The number of unbranched alkanes of at least 4 members (excludes halogenated alkanes) is 2. The van der Waals surface area contributed by atoms with Crippen molar-refractivity contribution >= 4 is 17.5 Å². The monoisotopic (exact) mass is 438 g/mol. The number of benzene rings is 2. The average Bonchev–Trinajstić information content (AvgIpc) is 2.72. The van der Waals surface area contributed by atoms with Gasteiger partial charge in [0, 0.05) is 17.7 Å². The lowest BCUT2D eigenvalue weighted by Crippen LogP contribution is -2.22. The molecule has 5 nitrogen and oxygen atoms in total. The zero-order valence-corrected chi connectivity index (χ0v) is 20.4. The third-order valence-electron chi connectivity index (χ3n) is 5.80. The molecule has 0 aromatic heterocycles.